The Morgan fingerprint density at radius 2 is 2.00 bits per heavy atom. The maximum atomic E-state index is 13.2. The van der Waals surface area contributed by atoms with Gasteiger partial charge in [0, 0.05) is 6.20 Å². The largest absolute Gasteiger partial charge is 0.461 e. The number of halogens is 3. The third kappa shape index (κ3) is 3.14. The van der Waals surface area contributed by atoms with Crippen LogP contribution in [0.25, 0.3) is 0 Å². The molecule has 3 heterocycles. The maximum Gasteiger partial charge on any atom is 0.417 e. The molecule has 2 aromatic rings. The van der Waals surface area contributed by atoms with Gasteiger partial charge in [-0.1, -0.05) is 0 Å². The third-order valence-electron chi connectivity index (χ3n) is 4.21. The summed E-state index contributed by atoms with van der Waals surface area (Å²) in [4.78, 5) is 41.2. The maximum absolute atomic E-state index is 13.2. The molecule has 0 radical (unpaired) electrons. The average Bonchev–Trinajstić information content (AvgIpc) is 3.20. The molecule has 0 saturated carbocycles. The van der Waals surface area contributed by atoms with Crippen molar-refractivity contribution in [2.45, 2.75) is 38.4 Å². The molecule has 0 bridgehead atoms. The van der Waals surface area contributed by atoms with E-state index in [1.807, 2.05) is 0 Å². The predicted octanol–water partition coefficient (Wildman–Crippen LogP) is 3.18. The van der Waals surface area contributed by atoms with Crippen LogP contribution in [0.2, 0.25) is 0 Å². The Hall–Kier alpha value is -3.17. The van der Waals surface area contributed by atoms with E-state index in [1.165, 1.54) is 18.4 Å². The molecular weight excluding hydrogens is 379 g/mol. The molecule has 7 nitrogen and oxygen atoms in total. The van der Waals surface area contributed by atoms with Crippen LogP contribution in [-0.4, -0.2) is 33.6 Å². The molecule has 0 spiro atoms. The number of carbonyl (C=O) groups excluding carboxylic acids is 3. The summed E-state index contributed by atoms with van der Waals surface area (Å²) in [6, 6.07) is 3.49. The first-order valence-corrected chi connectivity index (χ1v) is 8.20. The Balaban J connectivity index is 2.19. The van der Waals surface area contributed by atoms with Gasteiger partial charge in [0.1, 0.15) is 0 Å². The van der Waals surface area contributed by atoms with Gasteiger partial charge in [0.2, 0.25) is 12.2 Å². The van der Waals surface area contributed by atoms with Crippen molar-refractivity contribution in [3.05, 3.63) is 47.7 Å². The number of Topliss-reactive ketones (excluding diaryl/α,β-unsaturated/α-hetero) is 1. The number of alkyl halides is 3. The number of furan rings is 1. The molecule has 10 heteroatoms. The minimum Gasteiger partial charge on any atom is -0.461 e. The molecule has 1 aliphatic heterocycles. The van der Waals surface area contributed by atoms with Crippen molar-refractivity contribution in [2.24, 2.45) is 0 Å². The predicted molar refractivity (Wildman–Crippen MR) is 90.2 cm³/mol. The van der Waals surface area contributed by atoms with Crippen LogP contribution in [0.15, 0.2) is 35.1 Å². The van der Waals surface area contributed by atoms with Gasteiger partial charge in [0.25, 0.3) is 5.91 Å². The van der Waals surface area contributed by atoms with Crippen LogP contribution in [0.3, 0.4) is 0 Å². The van der Waals surface area contributed by atoms with E-state index >= 15 is 0 Å². The molecular formula is C18H16F3N3O4. The number of fused-ring (bicyclic) bond motifs is 1. The lowest BCUT2D eigenvalue weighted by Crippen LogP contribution is -2.54. The van der Waals surface area contributed by atoms with Gasteiger partial charge in [0.05, 0.1) is 28.7 Å². The number of hydrogen-bond acceptors (Lipinski definition) is 5. The molecule has 3 rings (SSSR count). The summed E-state index contributed by atoms with van der Waals surface area (Å²) in [5.74, 6) is -3.30. The molecule has 1 atom stereocenters. The average molecular weight is 395 g/mol. The van der Waals surface area contributed by atoms with Crippen LogP contribution in [0, 0.1) is 0 Å². The smallest absolute Gasteiger partial charge is 0.417 e. The van der Waals surface area contributed by atoms with Gasteiger partial charge in [-0.05, 0) is 39.0 Å². The number of nitrogens with zero attached hydrogens (tertiary/aromatic N) is 3. The number of amides is 2. The van der Waals surface area contributed by atoms with Gasteiger partial charge in [0.15, 0.2) is 11.7 Å². The first kappa shape index (κ1) is 19.6. The van der Waals surface area contributed by atoms with E-state index in [2.05, 4.69) is 4.98 Å². The van der Waals surface area contributed by atoms with Gasteiger partial charge in [-0.2, -0.15) is 13.2 Å². The number of ketones is 1. The van der Waals surface area contributed by atoms with Gasteiger partial charge in [-0.15, -0.1) is 0 Å². The molecule has 28 heavy (non-hydrogen) atoms. The lowest BCUT2D eigenvalue weighted by molar-refractivity contribution is -0.137. The highest BCUT2D eigenvalue weighted by molar-refractivity contribution is 6.21. The van der Waals surface area contributed by atoms with Crippen LogP contribution in [0.4, 0.5) is 18.9 Å². The minimum atomic E-state index is -4.71. The molecule has 2 amide bonds. The lowest BCUT2D eigenvalue weighted by atomic mass is 9.99. The zero-order chi connectivity index (χ0) is 20.9. The van der Waals surface area contributed by atoms with Crippen molar-refractivity contribution in [2.75, 3.05) is 5.01 Å². The quantitative estimate of drug-likeness (QED) is 0.451. The number of anilines is 1. The number of aromatic nitrogens is 1. The molecule has 148 valence electrons. The first-order valence-electron chi connectivity index (χ1n) is 8.20. The molecule has 0 saturated heterocycles. The minimum absolute atomic E-state index is 0.138. The first-order chi connectivity index (χ1) is 13.0. The van der Waals surface area contributed by atoms with E-state index in [0.717, 1.165) is 10.0 Å². The molecule has 1 unspecified atom stereocenters. The Labute approximate surface area is 157 Å². The number of pyridine rings is 1. The SMILES string of the molecule is CC(C)(C)N(C=O)N1C(=O)C(C(=O)c2ccco2)c2ncc(C(F)(F)F)cc21. The van der Waals surface area contributed by atoms with Crippen molar-refractivity contribution < 1.29 is 32.0 Å². The van der Waals surface area contributed by atoms with Crippen LogP contribution >= 0.6 is 0 Å². The molecule has 0 fully saturated rings. The van der Waals surface area contributed by atoms with Gasteiger partial charge >= 0.3 is 6.18 Å². The van der Waals surface area contributed by atoms with E-state index in [1.54, 1.807) is 20.8 Å². The molecule has 0 N–H and O–H groups in total. The van der Waals surface area contributed by atoms with E-state index in [9.17, 15) is 27.6 Å². The summed E-state index contributed by atoms with van der Waals surface area (Å²) in [6.07, 6.45) is -2.60. The number of rotatable bonds is 4. The Morgan fingerprint density at radius 1 is 1.32 bits per heavy atom. The van der Waals surface area contributed by atoms with Crippen LogP contribution < -0.4 is 5.01 Å². The second kappa shape index (κ2) is 6.47. The van der Waals surface area contributed by atoms with E-state index in [0.29, 0.717) is 18.7 Å². The molecule has 1 aliphatic rings. The molecule has 2 aromatic heterocycles. The highest BCUT2D eigenvalue weighted by atomic mass is 19.4. The van der Waals surface area contributed by atoms with Crippen molar-refractivity contribution >= 4 is 23.8 Å². The fourth-order valence-corrected chi connectivity index (χ4v) is 2.89. The highest BCUT2D eigenvalue weighted by Gasteiger charge is 2.49. The topological polar surface area (TPSA) is 83.7 Å². The molecule has 0 aliphatic carbocycles. The second-order valence-electron chi connectivity index (χ2n) is 7.17. The number of carbonyl (C=O) groups is 3. The fourth-order valence-electron chi connectivity index (χ4n) is 2.89. The summed E-state index contributed by atoms with van der Waals surface area (Å²) < 4.78 is 44.5. The zero-order valence-electron chi connectivity index (χ0n) is 15.1. The Morgan fingerprint density at radius 3 is 2.50 bits per heavy atom. The van der Waals surface area contributed by atoms with E-state index in [-0.39, 0.29) is 17.1 Å². The third-order valence-corrected chi connectivity index (χ3v) is 4.21. The fraction of sp³-hybridized carbons (Fsp3) is 0.333. The summed E-state index contributed by atoms with van der Waals surface area (Å²) in [7, 11) is 0. The van der Waals surface area contributed by atoms with Gasteiger partial charge in [-0.25, -0.2) is 10.0 Å². The van der Waals surface area contributed by atoms with Crippen molar-refractivity contribution in [1.82, 2.24) is 9.99 Å². The highest BCUT2D eigenvalue weighted by Crippen LogP contribution is 2.42. The Bertz CT molecular complexity index is 933. The monoisotopic (exact) mass is 395 g/mol. The van der Waals surface area contributed by atoms with Crippen LogP contribution in [0.1, 0.15) is 48.5 Å². The van der Waals surface area contributed by atoms with E-state index in [4.69, 9.17) is 4.42 Å². The van der Waals surface area contributed by atoms with Gasteiger partial charge in [-0.3, -0.25) is 19.4 Å². The van der Waals surface area contributed by atoms with Crippen molar-refractivity contribution in [3.8, 4) is 0 Å². The van der Waals surface area contributed by atoms with Crippen molar-refractivity contribution in [1.29, 1.82) is 0 Å². The molecule has 0 aromatic carbocycles. The Kier molecular flexibility index (Phi) is 4.52. The van der Waals surface area contributed by atoms with Crippen molar-refractivity contribution in [3.63, 3.8) is 0 Å². The lowest BCUT2D eigenvalue weighted by Gasteiger charge is -2.38. The summed E-state index contributed by atoms with van der Waals surface area (Å²) in [5.41, 5.74) is -2.50. The van der Waals surface area contributed by atoms with Crippen LogP contribution in [0.5, 0.6) is 0 Å². The summed E-state index contributed by atoms with van der Waals surface area (Å²) >= 11 is 0. The number of hydrazine groups is 1. The summed E-state index contributed by atoms with van der Waals surface area (Å²) in [6.45, 7) is 4.78. The summed E-state index contributed by atoms with van der Waals surface area (Å²) in [5, 5.41) is 1.71. The van der Waals surface area contributed by atoms with E-state index < -0.39 is 34.9 Å². The second-order valence-corrected chi connectivity index (χ2v) is 7.17. The normalized spacial score (nSPS) is 16.9. The van der Waals surface area contributed by atoms with Crippen LogP contribution in [-0.2, 0) is 15.8 Å². The van der Waals surface area contributed by atoms with Gasteiger partial charge < -0.3 is 4.42 Å². The number of hydrogen-bond donors (Lipinski definition) is 0. The zero-order valence-corrected chi connectivity index (χ0v) is 15.1. The standard InChI is InChI=1S/C18H16F3N3O4/c1-17(2,3)23(9-25)24-11-7-10(18(19,20)21)8-22-14(11)13(16(24)27)15(26)12-5-4-6-28-12/h4-9,13H,1-3H3.